The fourth-order valence-corrected chi connectivity index (χ4v) is 6.53. The van der Waals surface area contributed by atoms with Crippen LogP contribution in [0, 0.1) is 5.41 Å². The molecule has 0 aromatic heterocycles. The lowest BCUT2D eigenvalue weighted by atomic mass is 9.63. The summed E-state index contributed by atoms with van der Waals surface area (Å²) in [5.74, 6) is -1.20. The maximum Gasteiger partial charge on any atom is 0.390 e. The molecule has 2 aliphatic rings. The van der Waals surface area contributed by atoms with Crippen molar-refractivity contribution in [2.45, 2.75) is 30.0 Å². The number of carbonyl (C=O) groups is 1. The Hall–Kier alpha value is -3.17. The van der Waals surface area contributed by atoms with Crippen LogP contribution in [-0.2, 0) is 20.4 Å². The second-order valence-corrected chi connectivity index (χ2v) is 10.9. The van der Waals surface area contributed by atoms with Crippen molar-refractivity contribution >= 4 is 38.9 Å². The van der Waals surface area contributed by atoms with E-state index in [1.54, 1.807) is 36.4 Å². The van der Waals surface area contributed by atoms with Crippen molar-refractivity contribution in [1.29, 1.82) is 0 Å². The number of hydrogen-bond donors (Lipinski definition) is 0. The van der Waals surface area contributed by atoms with Crippen molar-refractivity contribution in [3.63, 3.8) is 0 Å². The molecule has 0 radical (unpaired) electrons. The third-order valence-corrected chi connectivity index (χ3v) is 8.46. The molecule has 3 aromatic rings. The average molecular weight is 519 g/mol. The summed E-state index contributed by atoms with van der Waals surface area (Å²) in [7, 11) is -4.57. The highest BCUT2D eigenvalue weighted by Crippen LogP contribution is 2.64. The Kier molecular flexibility index (Phi) is 5.16. The van der Waals surface area contributed by atoms with Crippen molar-refractivity contribution in [1.82, 2.24) is 0 Å². The first-order valence-corrected chi connectivity index (χ1v) is 12.4. The molecule has 0 fully saturated rings. The second-order valence-electron chi connectivity index (χ2n) is 8.71. The quantitative estimate of drug-likeness (QED) is 0.443. The second kappa shape index (κ2) is 7.66. The molecule has 0 saturated heterocycles. The van der Waals surface area contributed by atoms with Gasteiger partial charge >= 0.3 is 6.18 Å². The first kappa shape index (κ1) is 23.6. The van der Waals surface area contributed by atoms with Crippen LogP contribution in [0.15, 0.2) is 88.8 Å². The number of sulfonamides is 1. The molecule has 5 rings (SSSR count). The number of nitrogens with zero attached hydrogens (tertiary/aromatic N) is 2. The normalized spacial score (nSPS) is 23.7. The van der Waals surface area contributed by atoms with Crippen molar-refractivity contribution in [2.75, 3.05) is 4.31 Å². The predicted molar refractivity (Wildman–Crippen MR) is 126 cm³/mol. The molecule has 1 spiro atoms. The van der Waals surface area contributed by atoms with Crippen molar-refractivity contribution in [2.24, 2.45) is 10.4 Å². The lowest BCUT2D eigenvalue weighted by Gasteiger charge is -2.45. The summed E-state index contributed by atoms with van der Waals surface area (Å²) in [5, 5.41) is 0.272. The molecule has 2 aliphatic heterocycles. The Morgan fingerprint density at radius 3 is 2.17 bits per heavy atom. The zero-order valence-corrected chi connectivity index (χ0v) is 19.8. The number of carbonyl (C=O) groups excluding carboxylic acids is 1. The molecule has 0 aliphatic carbocycles. The van der Waals surface area contributed by atoms with E-state index >= 15 is 0 Å². The van der Waals surface area contributed by atoms with E-state index in [1.165, 1.54) is 42.5 Å². The first-order chi connectivity index (χ1) is 16.4. The fourth-order valence-electron chi connectivity index (χ4n) is 4.88. The highest BCUT2D eigenvalue weighted by atomic mass is 35.5. The van der Waals surface area contributed by atoms with E-state index in [2.05, 4.69) is 4.99 Å². The van der Waals surface area contributed by atoms with Gasteiger partial charge in [0.05, 0.1) is 28.1 Å². The van der Waals surface area contributed by atoms with Gasteiger partial charge in [0.1, 0.15) is 5.54 Å². The molecule has 0 unspecified atom stereocenters. The van der Waals surface area contributed by atoms with Gasteiger partial charge in [-0.25, -0.2) is 12.7 Å². The number of fused-ring (bicyclic) bond motifs is 2. The van der Waals surface area contributed by atoms with Crippen LogP contribution in [0.3, 0.4) is 0 Å². The maximum atomic E-state index is 14.0. The van der Waals surface area contributed by atoms with E-state index in [1.807, 2.05) is 0 Å². The molecule has 2 heterocycles. The van der Waals surface area contributed by atoms with Gasteiger partial charge in [-0.2, -0.15) is 13.2 Å². The minimum Gasteiger partial charge on any atom is -0.273 e. The zero-order chi connectivity index (χ0) is 25.2. The standard InChI is InChI=1S/C25H18ClF3N2O3S/c1-23(15-24(27,28)29)22(32)31(35(33,34)18-13-11-17(26)12-14-18)20-10-6-5-9-19(20)25(23)21(30-25)16-7-3-2-4-8-16/h2-14H,15H2,1H3/t23-,25+/m1/s1. The molecule has 3 aromatic carbocycles. The maximum absolute atomic E-state index is 14.0. The number of alkyl halides is 3. The summed E-state index contributed by atoms with van der Waals surface area (Å²) in [4.78, 5) is 18.2. The minimum atomic E-state index is -4.76. The highest BCUT2D eigenvalue weighted by molar-refractivity contribution is 7.93. The van der Waals surface area contributed by atoms with Crippen molar-refractivity contribution < 1.29 is 26.4 Å². The lowest BCUT2D eigenvalue weighted by Crippen LogP contribution is -2.58. The monoisotopic (exact) mass is 518 g/mol. The molecular weight excluding hydrogens is 501 g/mol. The molecule has 1 amide bonds. The van der Waals surface area contributed by atoms with Gasteiger partial charge in [-0.1, -0.05) is 60.1 Å². The number of hydrogen-bond acceptors (Lipinski definition) is 4. The molecular formula is C25H18ClF3N2O3S. The molecule has 5 nitrogen and oxygen atoms in total. The third-order valence-electron chi connectivity index (χ3n) is 6.49. The number of anilines is 1. The van der Waals surface area contributed by atoms with Gasteiger partial charge in [0.2, 0.25) is 0 Å². The van der Waals surface area contributed by atoms with E-state index in [4.69, 9.17) is 11.6 Å². The Morgan fingerprint density at radius 1 is 0.943 bits per heavy atom. The Labute approximate surface area is 204 Å². The van der Waals surface area contributed by atoms with Gasteiger partial charge in [-0.05, 0) is 42.8 Å². The summed E-state index contributed by atoms with van der Waals surface area (Å²) in [5.41, 5.74) is -2.82. The Balaban J connectivity index is 1.76. The number of para-hydroxylation sites is 1. The van der Waals surface area contributed by atoms with Gasteiger partial charge in [-0.15, -0.1) is 0 Å². The van der Waals surface area contributed by atoms with Crippen LogP contribution >= 0.6 is 11.6 Å². The molecule has 0 saturated carbocycles. The van der Waals surface area contributed by atoms with Gasteiger partial charge in [0, 0.05) is 10.6 Å². The highest BCUT2D eigenvalue weighted by Gasteiger charge is 2.72. The Bertz CT molecular complexity index is 1470. The van der Waals surface area contributed by atoms with E-state index in [-0.39, 0.29) is 21.2 Å². The average Bonchev–Trinajstić information content (AvgIpc) is 3.55. The van der Waals surface area contributed by atoms with Gasteiger partial charge in [0.25, 0.3) is 15.9 Å². The van der Waals surface area contributed by atoms with Crippen LogP contribution in [0.25, 0.3) is 0 Å². The summed E-state index contributed by atoms with van der Waals surface area (Å²) in [6.45, 7) is 1.14. The van der Waals surface area contributed by atoms with E-state index < -0.39 is 39.5 Å². The SMILES string of the molecule is C[C@@]1(CC(F)(F)F)C(=O)N(S(=O)(=O)c2ccc(Cl)cc2)c2ccccc2[C@@]12N=C2c1ccccc1. The number of benzene rings is 3. The summed E-state index contributed by atoms with van der Waals surface area (Å²) < 4.78 is 69.6. The largest absolute Gasteiger partial charge is 0.390 e. The first-order valence-electron chi connectivity index (χ1n) is 10.6. The van der Waals surface area contributed by atoms with E-state index in [9.17, 15) is 26.4 Å². The number of rotatable bonds is 4. The minimum absolute atomic E-state index is 0.0261. The predicted octanol–water partition coefficient (Wildman–Crippen LogP) is 5.73. The van der Waals surface area contributed by atoms with Crippen molar-refractivity contribution in [3.8, 4) is 0 Å². The van der Waals surface area contributed by atoms with E-state index in [0.29, 0.717) is 15.6 Å². The molecule has 10 heteroatoms. The number of aliphatic imine (C=N–C) groups is 1. The van der Waals surface area contributed by atoms with Crippen LogP contribution in [-0.4, -0.2) is 26.2 Å². The summed E-state index contributed by atoms with van der Waals surface area (Å²) in [6, 6.07) is 19.7. The van der Waals surface area contributed by atoms with Gasteiger partial charge in [-0.3, -0.25) is 9.79 Å². The van der Waals surface area contributed by atoms with Crippen LogP contribution in [0.4, 0.5) is 18.9 Å². The fraction of sp³-hybridized carbons (Fsp3) is 0.200. The summed E-state index contributed by atoms with van der Waals surface area (Å²) in [6.07, 6.45) is -6.32. The van der Waals surface area contributed by atoms with Crippen LogP contribution in [0.5, 0.6) is 0 Å². The molecule has 0 N–H and O–H groups in total. The molecule has 35 heavy (non-hydrogen) atoms. The van der Waals surface area contributed by atoms with Crippen LogP contribution in [0.1, 0.15) is 24.5 Å². The molecule has 180 valence electrons. The molecule has 0 bridgehead atoms. The zero-order valence-electron chi connectivity index (χ0n) is 18.3. The van der Waals surface area contributed by atoms with E-state index in [0.717, 1.165) is 6.92 Å². The van der Waals surface area contributed by atoms with Crippen LogP contribution in [0.2, 0.25) is 5.02 Å². The number of amides is 1. The Morgan fingerprint density at radius 2 is 1.54 bits per heavy atom. The summed E-state index contributed by atoms with van der Waals surface area (Å²) >= 11 is 5.88. The number of halogens is 4. The van der Waals surface area contributed by atoms with Gasteiger partial charge in [0.15, 0.2) is 0 Å². The topological polar surface area (TPSA) is 66.8 Å². The van der Waals surface area contributed by atoms with Gasteiger partial charge < -0.3 is 0 Å². The van der Waals surface area contributed by atoms with Crippen molar-refractivity contribution in [3.05, 3.63) is 95.0 Å². The smallest absolute Gasteiger partial charge is 0.273 e. The lowest BCUT2D eigenvalue weighted by molar-refractivity contribution is -0.169. The van der Waals surface area contributed by atoms with Crippen LogP contribution < -0.4 is 4.31 Å². The molecule has 2 atom stereocenters. The third kappa shape index (κ3) is 3.48.